The van der Waals surface area contributed by atoms with Gasteiger partial charge in [-0.1, -0.05) is 11.8 Å². The molecule has 0 aliphatic rings. The van der Waals surface area contributed by atoms with E-state index >= 15 is 0 Å². The molecule has 24 heavy (non-hydrogen) atoms. The highest BCUT2D eigenvalue weighted by Gasteiger charge is 2.06. The lowest BCUT2D eigenvalue weighted by atomic mass is 10.3. The molecule has 118 valence electrons. The third-order valence-electron chi connectivity index (χ3n) is 3.41. The Bertz CT molecular complexity index is 941. The SMILES string of the molecule is c1cc(OCc2nc3ccc(Sc4ccncc4)cc3[nH]2)ccn1. The fourth-order valence-electron chi connectivity index (χ4n) is 2.30. The summed E-state index contributed by atoms with van der Waals surface area (Å²) < 4.78 is 5.70. The largest absolute Gasteiger partial charge is 0.486 e. The van der Waals surface area contributed by atoms with E-state index in [1.165, 1.54) is 0 Å². The van der Waals surface area contributed by atoms with Crippen LogP contribution in [0.15, 0.2) is 77.0 Å². The summed E-state index contributed by atoms with van der Waals surface area (Å²) in [6, 6.07) is 13.8. The van der Waals surface area contributed by atoms with Crippen molar-refractivity contribution in [3.05, 3.63) is 73.1 Å². The van der Waals surface area contributed by atoms with Gasteiger partial charge in [0.1, 0.15) is 18.2 Å². The van der Waals surface area contributed by atoms with Crippen molar-refractivity contribution in [3.63, 3.8) is 0 Å². The maximum absolute atomic E-state index is 5.70. The number of rotatable bonds is 5. The lowest BCUT2D eigenvalue weighted by molar-refractivity contribution is 0.297. The first-order valence-electron chi connectivity index (χ1n) is 7.46. The number of hydrogen-bond acceptors (Lipinski definition) is 5. The zero-order valence-electron chi connectivity index (χ0n) is 12.7. The Hall–Kier alpha value is -2.86. The van der Waals surface area contributed by atoms with Gasteiger partial charge in [-0.25, -0.2) is 4.98 Å². The van der Waals surface area contributed by atoms with Crippen molar-refractivity contribution >= 4 is 22.8 Å². The molecule has 3 aromatic heterocycles. The van der Waals surface area contributed by atoms with E-state index in [1.54, 1.807) is 36.5 Å². The minimum Gasteiger partial charge on any atom is -0.486 e. The molecule has 1 aromatic carbocycles. The third-order valence-corrected chi connectivity index (χ3v) is 4.41. The number of aromatic nitrogens is 4. The minimum absolute atomic E-state index is 0.394. The van der Waals surface area contributed by atoms with Crippen molar-refractivity contribution in [2.24, 2.45) is 0 Å². The van der Waals surface area contributed by atoms with Gasteiger partial charge in [0.15, 0.2) is 0 Å². The zero-order chi connectivity index (χ0) is 16.2. The van der Waals surface area contributed by atoms with E-state index in [0.29, 0.717) is 6.61 Å². The normalized spacial score (nSPS) is 10.8. The van der Waals surface area contributed by atoms with Crippen LogP contribution in [0.5, 0.6) is 5.75 Å². The van der Waals surface area contributed by atoms with E-state index in [1.807, 2.05) is 30.3 Å². The molecule has 1 N–H and O–H groups in total. The topological polar surface area (TPSA) is 63.7 Å². The number of pyridine rings is 2. The quantitative estimate of drug-likeness (QED) is 0.596. The van der Waals surface area contributed by atoms with Crippen LogP contribution < -0.4 is 4.74 Å². The summed E-state index contributed by atoms with van der Waals surface area (Å²) >= 11 is 1.70. The number of nitrogens with zero attached hydrogens (tertiary/aromatic N) is 3. The van der Waals surface area contributed by atoms with Crippen LogP contribution in [0.25, 0.3) is 11.0 Å². The van der Waals surface area contributed by atoms with Crippen molar-refractivity contribution in [2.75, 3.05) is 0 Å². The first kappa shape index (κ1) is 14.7. The molecule has 0 radical (unpaired) electrons. The molecule has 0 saturated heterocycles. The monoisotopic (exact) mass is 334 g/mol. The summed E-state index contributed by atoms with van der Waals surface area (Å²) in [5.41, 5.74) is 1.93. The van der Waals surface area contributed by atoms with Gasteiger partial charge in [-0.3, -0.25) is 9.97 Å². The fraction of sp³-hybridized carbons (Fsp3) is 0.0556. The summed E-state index contributed by atoms with van der Waals surface area (Å²) in [6.07, 6.45) is 7.00. The number of benzene rings is 1. The van der Waals surface area contributed by atoms with Gasteiger partial charge < -0.3 is 9.72 Å². The van der Waals surface area contributed by atoms with Crippen molar-refractivity contribution < 1.29 is 4.74 Å². The number of ether oxygens (including phenoxy) is 1. The fourth-order valence-corrected chi connectivity index (χ4v) is 3.14. The highest BCUT2D eigenvalue weighted by atomic mass is 32.2. The van der Waals surface area contributed by atoms with Crippen LogP contribution >= 0.6 is 11.8 Å². The van der Waals surface area contributed by atoms with Crippen molar-refractivity contribution in [1.82, 2.24) is 19.9 Å². The average molecular weight is 334 g/mol. The smallest absolute Gasteiger partial charge is 0.146 e. The number of hydrogen-bond donors (Lipinski definition) is 1. The third kappa shape index (κ3) is 3.38. The Labute approximate surface area is 143 Å². The van der Waals surface area contributed by atoms with Crippen LogP contribution in [-0.4, -0.2) is 19.9 Å². The second-order valence-electron chi connectivity index (χ2n) is 5.12. The molecule has 0 aliphatic carbocycles. The van der Waals surface area contributed by atoms with Crippen molar-refractivity contribution in [2.45, 2.75) is 16.4 Å². The molecule has 6 heteroatoms. The highest BCUT2D eigenvalue weighted by Crippen LogP contribution is 2.29. The van der Waals surface area contributed by atoms with Crippen LogP contribution in [0.3, 0.4) is 0 Å². The number of imidazole rings is 1. The number of fused-ring (bicyclic) bond motifs is 1. The van der Waals surface area contributed by atoms with E-state index in [0.717, 1.165) is 32.4 Å². The molecule has 0 saturated carbocycles. The van der Waals surface area contributed by atoms with Gasteiger partial charge in [0, 0.05) is 34.6 Å². The second kappa shape index (κ2) is 6.72. The molecular weight excluding hydrogens is 320 g/mol. The Kier molecular flexibility index (Phi) is 4.12. The molecule has 0 bridgehead atoms. The first-order chi connectivity index (χ1) is 11.9. The minimum atomic E-state index is 0.394. The summed E-state index contributed by atoms with van der Waals surface area (Å²) in [5.74, 6) is 1.58. The molecule has 0 atom stereocenters. The van der Waals surface area contributed by atoms with Gasteiger partial charge in [-0.05, 0) is 42.5 Å². The zero-order valence-corrected chi connectivity index (χ0v) is 13.5. The van der Waals surface area contributed by atoms with Gasteiger partial charge in [0.05, 0.1) is 11.0 Å². The maximum atomic E-state index is 5.70. The van der Waals surface area contributed by atoms with E-state index in [4.69, 9.17) is 4.74 Å². The number of nitrogens with one attached hydrogen (secondary N) is 1. The number of H-pyrrole nitrogens is 1. The standard InChI is InChI=1S/C18H14N4OS/c1-2-16-17(11-15(1)24-14-5-9-20-10-6-14)22-18(21-16)12-23-13-3-7-19-8-4-13/h1-11H,12H2,(H,21,22). The molecular formula is C18H14N4OS. The van der Waals surface area contributed by atoms with Gasteiger partial charge in [0.2, 0.25) is 0 Å². The summed E-state index contributed by atoms with van der Waals surface area (Å²) in [5, 5.41) is 0. The van der Waals surface area contributed by atoms with Gasteiger partial charge in [-0.15, -0.1) is 0 Å². The van der Waals surface area contributed by atoms with Gasteiger partial charge in [-0.2, -0.15) is 0 Å². The molecule has 0 fully saturated rings. The van der Waals surface area contributed by atoms with Crippen LogP contribution in [0.1, 0.15) is 5.82 Å². The van der Waals surface area contributed by atoms with E-state index in [-0.39, 0.29) is 0 Å². The van der Waals surface area contributed by atoms with Crippen LogP contribution in [0, 0.1) is 0 Å². The lowest BCUT2D eigenvalue weighted by Crippen LogP contribution is -1.97. The predicted octanol–water partition coefficient (Wildman–Crippen LogP) is 4.08. The molecule has 0 spiro atoms. The average Bonchev–Trinajstić information content (AvgIpc) is 3.04. The molecule has 0 aliphatic heterocycles. The lowest BCUT2D eigenvalue weighted by Gasteiger charge is -2.02. The molecule has 0 unspecified atom stereocenters. The van der Waals surface area contributed by atoms with Crippen LogP contribution in [0.4, 0.5) is 0 Å². The summed E-state index contributed by atoms with van der Waals surface area (Å²) in [6.45, 7) is 0.394. The van der Waals surface area contributed by atoms with Crippen molar-refractivity contribution in [3.8, 4) is 5.75 Å². The van der Waals surface area contributed by atoms with E-state index in [2.05, 4.69) is 32.1 Å². The first-order valence-corrected chi connectivity index (χ1v) is 8.28. The molecule has 4 aromatic rings. The Balaban J connectivity index is 1.51. The Morgan fingerprint density at radius 3 is 2.42 bits per heavy atom. The van der Waals surface area contributed by atoms with E-state index < -0.39 is 0 Å². The molecule has 0 amide bonds. The Morgan fingerprint density at radius 1 is 0.875 bits per heavy atom. The van der Waals surface area contributed by atoms with Crippen LogP contribution in [-0.2, 0) is 6.61 Å². The van der Waals surface area contributed by atoms with Crippen LogP contribution in [0.2, 0.25) is 0 Å². The second-order valence-corrected chi connectivity index (χ2v) is 6.27. The van der Waals surface area contributed by atoms with E-state index in [9.17, 15) is 0 Å². The van der Waals surface area contributed by atoms with Crippen molar-refractivity contribution in [1.29, 1.82) is 0 Å². The molecule has 4 rings (SSSR count). The predicted molar refractivity (Wildman–Crippen MR) is 93.0 cm³/mol. The summed E-state index contributed by atoms with van der Waals surface area (Å²) in [4.78, 5) is 18.2. The maximum Gasteiger partial charge on any atom is 0.146 e. The number of aromatic amines is 1. The molecule has 3 heterocycles. The highest BCUT2D eigenvalue weighted by molar-refractivity contribution is 7.99. The Morgan fingerprint density at radius 2 is 1.62 bits per heavy atom. The summed E-state index contributed by atoms with van der Waals surface area (Å²) in [7, 11) is 0. The van der Waals surface area contributed by atoms with Gasteiger partial charge >= 0.3 is 0 Å². The van der Waals surface area contributed by atoms with Gasteiger partial charge in [0.25, 0.3) is 0 Å². The molecule has 5 nitrogen and oxygen atoms in total.